The average molecular weight is 336 g/mol. The molecule has 0 unspecified atom stereocenters. The van der Waals surface area contributed by atoms with E-state index in [1.54, 1.807) is 12.1 Å². The van der Waals surface area contributed by atoms with Gasteiger partial charge in [0.25, 0.3) is 5.91 Å². The Hall–Kier alpha value is -3.15. The lowest BCUT2D eigenvalue weighted by molar-refractivity contribution is -0.127. The van der Waals surface area contributed by atoms with Gasteiger partial charge in [0.05, 0.1) is 5.52 Å². The zero-order valence-electron chi connectivity index (χ0n) is 14.2. The van der Waals surface area contributed by atoms with Crippen molar-refractivity contribution in [1.29, 1.82) is 0 Å². The molecule has 128 valence electrons. The van der Waals surface area contributed by atoms with Crippen LogP contribution in [0.5, 0.6) is 5.75 Å². The Labute approximate surface area is 146 Å². The van der Waals surface area contributed by atoms with Crippen LogP contribution in [0.2, 0.25) is 0 Å². The molecule has 0 aliphatic heterocycles. The molecule has 1 heterocycles. The highest BCUT2D eigenvalue weighted by molar-refractivity contribution is 5.90. The third-order valence-electron chi connectivity index (χ3n) is 3.59. The fraction of sp³-hybridized carbons (Fsp3) is 0.211. The third-order valence-corrected chi connectivity index (χ3v) is 3.59. The first-order valence-corrected chi connectivity index (χ1v) is 8.22. The van der Waals surface area contributed by atoms with E-state index in [9.17, 15) is 4.79 Å². The molecule has 2 aromatic carbocycles. The number of hydrogen-bond donors (Lipinski definition) is 2. The number of fused-ring (bicyclic) bond motifs is 1. The quantitative estimate of drug-likeness (QED) is 0.668. The lowest BCUT2D eigenvalue weighted by Gasteiger charge is -2.11. The summed E-state index contributed by atoms with van der Waals surface area (Å²) in [6.07, 6.45) is 1.23. The van der Waals surface area contributed by atoms with Crippen LogP contribution in [0.3, 0.4) is 0 Å². The molecule has 0 spiro atoms. The molecule has 0 aliphatic rings. The zero-order chi connectivity index (χ0) is 17.6. The van der Waals surface area contributed by atoms with Crippen LogP contribution < -0.4 is 15.6 Å². The van der Waals surface area contributed by atoms with Crippen molar-refractivity contribution in [3.8, 4) is 5.75 Å². The lowest BCUT2D eigenvalue weighted by Crippen LogP contribution is -2.26. The smallest absolute Gasteiger partial charge is 0.252 e. The van der Waals surface area contributed by atoms with Gasteiger partial charge in [0.2, 0.25) is 0 Å². The Kier molecular flexibility index (Phi) is 5.09. The number of anilines is 2. The van der Waals surface area contributed by atoms with Crippen molar-refractivity contribution in [3.05, 3.63) is 54.4 Å². The fourth-order valence-electron chi connectivity index (χ4n) is 2.42. The number of nitrogens with one attached hydrogen (secondary N) is 2. The maximum atomic E-state index is 11.4. The fourth-order valence-corrected chi connectivity index (χ4v) is 2.42. The molecule has 1 aromatic heterocycles. The first-order chi connectivity index (χ1) is 12.2. The number of rotatable bonds is 6. The number of benzene rings is 2. The lowest BCUT2D eigenvalue weighted by atomic mass is 10.2. The maximum Gasteiger partial charge on any atom is 0.252 e. The summed E-state index contributed by atoms with van der Waals surface area (Å²) in [5, 5.41) is 4.26. The van der Waals surface area contributed by atoms with Crippen LogP contribution in [0.15, 0.2) is 48.5 Å². The number of aromatic nitrogens is 2. The third kappa shape index (κ3) is 4.23. The van der Waals surface area contributed by atoms with Gasteiger partial charge in [-0.25, -0.2) is 9.97 Å². The van der Waals surface area contributed by atoms with Gasteiger partial charge in [0, 0.05) is 17.5 Å². The zero-order valence-corrected chi connectivity index (χ0v) is 14.2. The molecule has 0 aliphatic carbocycles. The predicted molar refractivity (Wildman–Crippen MR) is 97.7 cm³/mol. The molecule has 25 heavy (non-hydrogen) atoms. The van der Waals surface area contributed by atoms with Crippen molar-refractivity contribution < 1.29 is 9.63 Å². The van der Waals surface area contributed by atoms with Gasteiger partial charge < -0.3 is 10.2 Å². The summed E-state index contributed by atoms with van der Waals surface area (Å²) in [6.45, 7) is 3.81. The van der Waals surface area contributed by atoms with Crippen molar-refractivity contribution >= 4 is 28.3 Å². The van der Waals surface area contributed by atoms with Crippen molar-refractivity contribution in [1.82, 2.24) is 15.4 Å². The number of hydrogen-bond acceptors (Lipinski definition) is 5. The van der Waals surface area contributed by atoms with Gasteiger partial charge in [-0.1, -0.05) is 19.1 Å². The summed E-state index contributed by atoms with van der Waals surface area (Å²) in [6, 6.07) is 15.2. The molecule has 3 rings (SSSR count). The van der Waals surface area contributed by atoms with E-state index in [1.165, 1.54) is 0 Å². The van der Waals surface area contributed by atoms with Gasteiger partial charge >= 0.3 is 0 Å². The molecule has 0 fully saturated rings. The number of aryl methyl sites for hydroxylation is 1. The molecule has 0 saturated heterocycles. The molecular formula is C19H20N4O2. The number of carbonyl (C=O) groups excluding carboxylic acids is 1. The summed E-state index contributed by atoms with van der Waals surface area (Å²) in [7, 11) is 0. The highest BCUT2D eigenvalue weighted by Crippen LogP contribution is 2.24. The molecule has 0 radical (unpaired) electrons. The van der Waals surface area contributed by atoms with Crippen LogP contribution in [-0.2, 0) is 4.79 Å². The molecule has 1 amide bonds. The van der Waals surface area contributed by atoms with Gasteiger partial charge in [0.1, 0.15) is 11.6 Å². The number of hydroxylamine groups is 1. The van der Waals surface area contributed by atoms with E-state index in [0.717, 1.165) is 28.8 Å². The standard InChI is InChI=1S/C19H20N4O2/c1-3-6-18(24)23-25-15-11-9-14(10-12-15)22-19-16-7-4-5-8-17(16)20-13(2)21-19/h4-5,7-12H,3,6H2,1-2H3,(H,23,24)(H,20,21,22). The van der Waals surface area contributed by atoms with E-state index in [-0.39, 0.29) is 5.91 Å². The van der Waals surface area contributed by atoms with Crippen molar-refractivity contribution in [2.75, 3.05) is 5.32 Å². The van der Waals surface area contributed by atoms with Gasteiger partial charge in [-0.05, 0) is 49.7 Å². The minimum atomic E-state index is -0.132. The molecular weight excluding hydrogens is 316 g/mol. The molecule has 6 heteroatoms. The summed E-state index contributed by atoms with van der Waals surface area (Å²) < 4.78 is 0. The van der Waals surface area contributed by atoms with Crippen molar-refractivity contribution in [2.24, 2.45) is 0 Å². The molecule has 6 nitrogen and oxygen atoms in total. The van der Waals surface area contributed by atoms with E-state index in [0.29, 0.717) is 18.0 Å². The Balaban J connectivity index is 1.73. The first-order valence-electron chi connectivity index (χ1n) is 8.22. The number of para-hydroxylation sites is 1. The minimum Gasteiger partial charge on any atom is -0.380 e. The van der Waals surface area contributed by atoms with Crippen LogP contribution >= 0.6 is 0 Å². The maximum absolute atomic E-state index is 11.4. The second-order valence-corrected chi connectivity index (χ2v) is 5.66. The van der Waals surface area contributed by atoms with Gasteiger partial charge in [-0.2, -0.15) is 5.48 Å². The highest BCUT2D eigenvalue weighted by atomic mass is 16.7. The van der Waals surface area contributed by atoms with E-state index in [4.69, 9.17) is 4.84 Å². The SMILES string of the molecule is CCCC(=O)NOc1ccc(Nc2nc(C)nc3ccccc23)cc1. The van der Waals surface area contributed by atoms with Gasteiger partial charge in [-0.15, -0.1) is 0 Å². The molecule has 0 bridgehead atoms. The summed E-state index contributed by atoms with van der Waals surface area (Å²) in [5.74, 6) is 1.90. The van der Waals surface area contributed by atoms with Crippen molar-refractivity contribution in [2.45, 2.75) is 26.7 Å². The topological polar surface area (TPSA) is 76.1 Å². The minimum absolute atomic E-state index is 0.132. The summed E-state index contributed by atoms with van der Waals surface area (Å²) in [5.41, 5.74) is 4.19. The van der Waals surface area contributed by atoms with Crippen LogP contribution in [-0.4, -0.2) is 15.9 Å². The molecule has 3 aromatic rings. The Morgan fingerprint density at radius 2 is 1.84 bits per heavy atom. The monoisotopic (exact) mass is 336 g/mol. The second kappa shape index (κ2) is 7.61. The Morgan fingerprint density at radius 3 is 2.60 bits per heavy atom. The van der Waals surface area contributed by atoms with E-state index >= 15 is 0 Å². The van der Waals surface area contributed by atoms with Crippen LogP contribution in [0.4, 0.5) is 11.5 Å². The van der Waals surface area contributed by atoms with E-state index in [1.807, 2.05) is 50.2 Å². The summed E-state index contributed by atoms with van der Waals surface area (Å²) in [4.78, 5) is 25.6. The molecule has 0 atom stereocenters. The number of nitrogens with zero attached hydrogens (tertiary/aromatic N) is 2. The van der Waals surface area contributed by atoms with Crippen LogP contribution in [0, 0.1) is 6.92 Å². The largest absolute Gasteiger partial charge is 0.380 e. The van der Waals surface area contributed by atoms with Crippen molar-refractivity contribution in [3.63, 3.8) is 0 Å². The number of amides is 1. The molecule has 2 N–H and O–H groups in total. The van der Waals surface area contributed by atoms with Gasteiger partial charge in [-0.3, -0.25) is 4.79 Å². The normalized spacial score (nSPS) is 10.5. The highest BCUT2D eigenvalue weighted by Gasteiger charge is 2.06. The Morgan fingerprint density at radius 1 is 1.08 bits per heavy atom. The molecule has 0 saturated carbocycles. The average Bonchev–Trinajstić information content (AvgIpc) is 2.61. The van der Waals surface area contributed by atoms with Crippen LogP contribution in [0.1, 0.15) is 25.6 Å². The number of carbonyl (C=O) groups is 1. The predicted octanol–water partition coefficient (Wildman–Crippen LogP) is 3.89. The van der Waals surface area contributed by atoms with Crippen LogP contribution in [0.25, 0.3) is 10.9 Å². The van der Waals surface area contributed by atoms with E-state index < -0.39 is 0 Å². The second-order valence-electron chi connectivity index (χ2n) is 5.66. The van der Waals surface area contributed by atoms with E-state index in [2.05, 4.69) is 20.8 Å². The summed E-state index contributed by atoms with van der Waals surface area (Å²) >= 11 is 0. The first kappa shape index (κ1) is 16.7. The Bertz CT molecular complexity index is 878. The van der Waals surface area contributed by atoms with Gasteiger partial charge in [0.15, 0.2) is 5.75 Å².